The van der Waals surface area contributed by atoms with Gasteiger partial charge in [0.2, 0.25) is 0 Å². The fraction of sp³-hybridized carbons (Fsp3) is 0.556. The van der Waals surface area contributed by atoms with Crippen molar-refractivity contribution in [1.82, 2.24) is 0 Å². The maximum Gasteiger partial charge on any atom is 0.673 e. The zero-order chi connectivity index (χ0) is 19.0. The average Bonchev–Trinajstić information content (AvgIpc) is 2.75. The molecule has 0 saturated heterocycles. The van der Waals surface area contributed by atoms with E-state index in [0.717, 1.165) is 0 Å². The molecule has 0 spiro atoms. The molecule has 0 radical (unpaired) electrons. The molecule has 2 atom stereocenters. The molecule has 2 rings (SSSR count). The predicted molar refractivity (Wildman–Crippen MR) is 90.7 cm³/mol. The van der Waals surface area contributed by atoms with Gasteiger partial charge in [0.1, 0.15) is 0 Å². The molecule has 0 fully saturated rings. The summed E-state index contributed by atoms with van der Waals surface area (Å²) in [5, 5.41) is 0. The van der Waals surface area contributed by atoms with Gasteiger partial charge >= 0.3 is 132 Å². The maximum atomic E-state index is 9.75. The number of rotatable bonds is 2. The first-order valence-corrected chi connectivity index (χ1v) is 9.14. The van der Waals surface area contributed by atoms with Gasteiger partial charge in [0.05, 0.1) is 0 Å². The van der Waals surface area contributed by atoms with Gasteiger partial charge in [-0.3, -0.25) is 0 Å². The first kappa shape index (κ1) is 21.3. The second-order valence-corrected chi connectivity index (χ2v) is 8.03. The van der Waals surface area contributed by atoms with Gasteiger partial charge in [0, 0.05) is 0 Å². The predicted octanol–water partition coefficient (Wildman–Crippen LogP) is 6.89. The molecule has 0 aromatic rings. The zero-order valence-electron chi connectivity index (χ0n) is 15.6. The van der Waals surface area contributed by atoms with Gasteiger partial charge in [-0.25, -0.2) is 0 Å². The Labute approximate surface area is 149 Å². The summed E-state index contributed by atoms with van der Waals surface area (Å²) in [5.41, 5.74) is 9.26. The molecule has 0 aliphatic heterocycles. The van der Waals surface area contributed by atoms with Crippen molar-refractivity contribution in [3.8, 4) is 0 Å². The van der Waals surface area contributed by atoms with Gasteiger partial charge in [-0.15, -0.1) is 0 Å². The summed E-state index contributed by atoms with van der Waals surface area (Å²) in [6, 6.07) is 0. The third-order valence-corrected chi connectivity index (χ3v) is 7.61. The van der Waals surface area contributed by atoms with Crippen LogP contribution in [0.1, 0.15) is 55.4 Å². The Bertz CT molecular complexity index is 594. The number of hydrogen-bond donors (Lipinski definition) is 0. The maximum absolute atomic E-state index is 9.75. The van der Waals surface area contributed by atoms with Crippen molar-refractivity contribution in [3.63, 3.8) is 0 Å². The van der Waals surface area contributed by atoms with Crippen molar-refractivity contribution >= 4 is 7.25 Å². The van der Waals surface area contributed by atoms with E-state index >= 15 is 0 Å². The average molecular weight is 385 g/mol. The molecule has 0 nitrogen and oxygen atoms in total. The summed E-state index contributed by atoms with van der Waals surface area (Å²) < 4.78 is 42.3. The Morgan fingerprint density at radius 3 is 1.04 bits per heavy atom. The Balaban J connectivity index is 0.000000505. The fourth-order valence-corrected chi connectivity index (χ4v) is 5.10. The minimum Gasteiger partial charge on any atom is -0.418 e. The van der Waals surface area contributed by atoms with Crippen molar-refractivity contribution < 1.29 is 32.2 Å². The van der Waals surface area contributed by atoms with Crippen LogP contribution in [0.4, 0.5) is 17.3 Å². The monoisotopic (exact) mass is 385 g/mol. The number of hydrogen-bond acceptors (Lipinski definition) is 0. The van der Waals surface area contributed by atoms with Gasteiger partial charge in [0.15, 0.2) is 0 Å². The van der Waals surface area contributed by atoms with Crippen molar-refractivity contribution in [3.05, 3.63) is 42.4 Å². The summed E-state index contributed by atoms with van der Waals surface area (Å²) in [7, 11) is -6.00. The van der Waals surface area contributed by atoms with Crippen LogP contribution >= 0.6 is 0 Å². The molecule has 0 amide bonds. The van der Waals surface area contributed by atoms with Crippen molar-refractivity contribution in [2.75, 3.05) is 0 Å². The summed E-state index contributed by atoms with van der Waals surface area (Å²) in [5.74, 6) is 1.27. The van der Waals surface area contributed by atoms with Crippen LogP contribution in [0.3, 0.4) is 0 Å². The molecule has 2 aliphatic rings. The topological polar surface area (TPSA) is 0 Å². The van der Waals surface area contributed by atoms with Gasteiger partial charge in [-0.2, -0.15) is 0 Å². The van der Waals surface area contributed by atoms with Crippen molar-refractivity contribution in [2.24, 2.45) is 11.8 Å². The van der Waals surface area contributed by atoms with E-state index in [-0.39, 0.29) is 0 Å². The molecule has 24 heavy (non-hydrogen) atoms. The molecule has 0 aromatic heterocycles. The van der Waals surface area contributed by atoms with E-state index in [4.69, 9.17) is 0 Å². The third kappa shape index (κ3) is 4.67. The molecule has 0 heterocycles. The van der Waals surface area contributed by atoms with Gasteiger partial charge < -0.3 is 17.3 Å². The van der Waals surface area contributed by atoms with Crippen LogP contribution in [0.15, 0.2) is 42.4 Å². The quantitative estimate of drug-likeness (QED) is 0.359. The Hall–Kier alpha value is -0.736. The Morgan fingerprint density at radius 1 is 0.625 bits per heavy atom. The molecule has 2 unspecified atom stereocenters. The van der Waals surface area contributed by atoms with Crippen molar-refractivity contribution in [2.45, 2.75) is 55.4 Å². The second-order valence-electron chi connectivity index (χ2n) is 6.56. The van der Waals surface area contributed by atoms with Gasteiger partial charge in [0.25, 0.3) is 0 Å². The van der Waals surface area contributed by atoms with Gasteiger partial charge in [-0.1, -0.05) is 0 Å². The smallest absolute Gasteiger partial charge is 0.418 e. The SMILES string of the molecule is CC1=C(C)C(C)[C]([Fe][C]2=C(C)C(C)=C(C)C2C)=C1C.F[B-](F)(F)F. The van der Waals surface area contributed by atoms with Crippen LogP contribution in [0.2, 0.25) is 0 Å². The van der Waals surface area contributed by atoms with Gasteiger partial charge in [-0.05, 0) is 0 Å². The zero-order valence-corrected chi connectivity index (χ0v) is 16.7. The standard InChI is InChI=1S/2C9H13.BF4.Fe/c2*1-6-5-7(2)9(4)8(6)3;2-1(3,4)5;/h2*6H,1-4H3;;/q;;-1;. The van der Waals surface area contributed by atoms with Crippen LogP contribution in [0, 0.1) is 11.8 Å². The van der Waals surface area contributed by atoms with E-state index in [1.165, 1.54) is 26.1 Å². The Kier molecular flexibility index (Phi) is 6.80. The largest absolute Gasteiger partial charge is 0.673 e. The van der Waals surface area contributed by atoms with Crippen LogP contribution in [0.5, 0.6) is 0 Å². The first-order chi connectivity index (χ1) is 10.8. The molecule has 2 aliphatic carbocycles. The fourth-order valence-electron chi connectivity index (χ4n) is 3.00. The van der Waals surface area contributed by atoms with E-state index in [0.29, 0.717) is 11.8 Å². The third-order valence-electron chi connectivity index (χ3n) is 5.23. The van der Waals surface area contributed by atoms with Crippen LogP contribution in [0.25, 0.3) is 0 Å². The van der Waals surface area contributed by atoms with Crippen LogP contribution < -0.4 is 0 Å². The van der Waals surface area contributed by atoms with Crippen LogP contribution in [-0.2, 0) is 15.0 Å². The second kappa shape index (κ2) is 7.66. The van der Waals surface area contributed by atoms with E-state index in [1.807, 2.05) is 0 Å². The summed E-state index contributed by atoms with van der Waals surface area (Å²) in [6.07, 6.45) is 0. The van der Waals surface area contributed by atoms with Crippen molar-refractivity contribution in [1.29, 1.82) is 0 Å². The van der Waals surface area contributed by atoms with E-state index in [2.05, 4.69) is 55.4 Å². The summed E-state index contributed by atoms with van der Waals surface area (Å²) in [4.78, 5) is 0. The summed E-state index contributed by atoms with van der Waals surface area (Å²) in [6.45, 7) is 18.5. The molecular formula is C18H26BF4Fe-. The Morgan fingerprint density at radius 2 is 0.875 bits per heavy atom. The molecule has 0 N–H and O–H groups in total. The molecule has 0 aromatic carbocycles. The minimum absolute atomic E-state index is 0.633. The molecule has 6 heteroatoms. The molecule has 138 valence electrons. The molecule has 0 bridgehead atoms. The number of allylic oxidation sites excluding steroid dienone is 8. The number of halogens is 4. The molecule has 0 saturated carbocycles. The molecular weight excluding hydrogens is 359 g/mol. The van der Waals surface area contributed by atoms with Crippen LogP contribution in [-0.4, -0.2) is 7.25 Å². The normalized spacial score (nSPS) is 25.2. The summed E-state index contributed by atoms with van der Waals surface area (Å²) >= 11 is 1.17. The van der Waals surface area contributed by atoms with E-state index in [9.17, 15) is 17.3 Å². The van der Waals surface area contributed by atoms with E-state index in [1.54, 1.807) is 31.2 Å². The first-order valence-electron chi connectivity index (χ1n) is 8.04. The minimum atomic E-state index is -6.00. The van der Waals surface area contributed by atoms with E-state index < -0.39 is 7.25 Å².